The van der Waals surface area contributed by atoms with Gasteiger partial charge in [0.2, 0.25) is 0 Å². The van der Waals surface area contributed by atoms with Crippen molar-refractivity contribution in [2.45, 2.75) is 19.3 Å². The van der Waals surface area contributed by atoms with Crippen LogP contribution in [0, 0.1) is 0 Å². The molecule has 1 aliphatic rings. The van der Waals surface area contributed by atoms with Crippen LogP contribution in [0.15, 0.2) is 194 Å². The highest BCUT2D eigenvalue weighted by molar-refractivity contribution is 6.11. The molecule has 0 aliphatic heterocycles. The summed E-state index contributed by atoms with van der Waals surface area (Å²) in [6, 6.07) is 68.9. The van der Waals surface area contributed by atoms with Crippen molar-refractivity contribution in [2.24, 2.45) is 0 Å². The minimum absolute atomic E-state index is 0.113. The summed E-state index contributed by atoms with van der Waals surface area (Å²) in [5.41, 5.74) is 16.0. The third-order valence-corrected chi connectivity index (χ3v) is 11.9. The van der Waals surface area contributed by atoms with E-state index in [1.165, 1.54) is 44.1 Å². The van der Waals surface area contributed by atoms with Gasteiger partial charge in [-0.1, -0.05) is 172 Å². The molecular formula is C54H38N4. The fourth-order valence-corrected chi connectivity index (χ4v) is 8.90. The number of para-hydroxylation sites is 1. The van der Waals surface area contributed by atoms with E-state index in [1.807, 2.05) is 12.1 Å². The van der Waals surface area contributed by atoms with Crippen molar-refractivity contribution in [1.82, 2.24) is 19.5 Å². The molecule has 4 heteroatoms. The second-order valence-electron chi connectivity index (χ2n) is 15.7. The van der Waals surface area contributed by atoms with Gasteiger partial charge in [-0.3, -0.25) is 0 Å². The van der Waals surface area contributed by atoms with E-state index in [4.69, 9.17) is 15.0 Å². The highest BCUT2D eigenvalue weighted by Gasteiger charge is 2.36. The van der Waals surface area contributed by atoms with Gasteiger partial charge in [-0.05, 0) is 80.9 Å². The fraction of sp³-hybridized carbons (Fsp3) is 0.0556. The molecule has 0 N–H and O–H groups in total. The zero-order valence-corrected chi connectivity index (χ0v) is 32.3. The van der Waals surface area contributed by atoms with Crippen LogP contribution in [0.4, 0.5) is 0 Å². The number of nitrogens with zero attached hydrogens (tertiary/aromatic N) is 4. The van der Waals surface area contributed by atoms with Crippen molar-refractivity contribution in [3.05, 3.63) is 205 Å². The first-order valence-electron chi connectivity index (χ1n) is 19.9. The number of hydrogen-bond donors (Lipinski definition) is 0. The van der Waals surface area contributed by atoms with Crippen LogP contribution in [0.1, 0.15) is 25.0 Å². The van der Waals surface area contributed by atoms with Gasteiger partial charge in [-0.15, -0.1) is 0 Å². The van der Waals surface area contributed by atoms with Crippen molar-refractivity contribution in [2.75, 3.05) is 0 Å². The smallest absolute Gasteiger partial charge is 0.164 e. The maximum atomic E-state index is 5.20. The zero-order chi connectivity index (χ0) is 38.8. The SMILES string of the molecule is CC1(C)c2ccccc2-c2cc3c4ccccc4n(-c4cccc(-c5nc(-c6ccc(-c7ccccc7)cc6)nc(-c6cccc(-c7ccccc7)c6)n5)c4)c3cc21. The first kappa shape index (κ1) is 33.9. The molecule has 2 heterocycles. The van der Waals surface area contributed by atoms with E-state index < -0.39 is 0 Å². The van der Waals surface area contributed by atoms with Crippen LogP contribution in [-0.4, -0.2) is 19.5 Å². The molecule has 0 saturated carbocycles. The summed E-state index contributed by atoms with van der Waals surface area (Å²) in [5, 5.41) is 2.48. The molecule has 11 rings (SSSR count). The number of hydrogen-bond acceptors (Lipinski definition) is 3. The summed E-state index contributed by atoms with van der Waals surface area (Å²) in [6.07, 6.45) is 0. The lowest BCUT2D eigenvalue weighted by molar-refractivity contribution is 0.661. The number of fused-ring (bicyclic) bond motifs is 6. The molecule has 0 bridgehead atoms. The Bertz CT molecular complexity index is 3180. The molecule has 0 unspecified atom stereocenters. The Morgan fingerprint density at radius 3 is 1.62 bits per heavy atom. The molecule has 4 nitrogen and oxygen atoms in total. The van der Waals surface area contributed by atoms with Gasteiger partial charge in [0.25, 0.3) is 0 Å². The third kappa shape index (κ3) is 5.56. The van der Waals surface area contributed by atoms with Crippen LogP contribution in [0.25, 0.3) is 95.0 Å². The lowest BCUT2D eigenvalue weighted by atomic mass is 9.82. The summed E-state index contributed by atoms with van der Waals surface area (Å²) in [6.45, 7) is 4.69. The molecule has 274 valence electrons. The Hall–Kier alpha value is -7.43. The largest absolute Gasteiger partial charge is 0.309 e. The average molecular weight is 743 g/mol. The summed E-state index contributed by atoms with van der Waals surface area (Å²) in [4.78, 5) is 15.5. The normalized spacial score (nSPS) is 12.8. The van der Waals surface area contributed by atoms with Crippen molar-refractivity contribution >= 4 is 21.8 Å². The topological polar surface area (TPSA) is 43.6 Å². The Morgan fingerprint density at radius 2 is 0.879 bits per heavy atom. The number of aromatic nitrogens is 4. The first-order valence-corrected chi connectivity index (χ1v) is 19.9. The second-order valence-corrected chi connectivity index (χ2v) is 15.7. The molecular weight excluding hydrogens is 705 g/mol. The lowest BCUT2D eigenvalue weighted by Crippen LogP contribution is -2.14. The van der Waals surface area contributed by atoms with Crippen LogP contribution in [0.2, 0.25) is 0 Å². The second kappa shape index (κ2) is 13.4. The van der Waals surface area contributed by atoms with Crippen molar-refractivity contribution in [3.8, 4) is 73.2 Å². The fourth-order valence-electron chi connectivity index (χ4n) is 8.90. The average Bonchev–Trinajstić information content (AvgIpc) is 3.73. The molecule has 0 radical (unpaired) electrons. The summed E-state index contributed by atoms with van der Waals surface area (Å²) in [5.74, 6) is 1.88. The van der Waals surface area contributed by atoms with Gasteiger partial charge in [-0.25, -0.2) is 15.0 Å². The van der Waals surface area contributed by atoms with E-state index in [2.05, 4.69) is 200 Å². The number of rotatable bonds is 6. The van der Waals surface area contributed by atoms with E-state index in [-0.39, 0.29) is 5.41 Å². The molecule has 0 fully saturated rings. The summed E-state index contributed by atoms with van der Waals surface area (Å²) in [7, 11) is 0. The Kier molecular flexibility index (Phi) is 7.80. The Balaban J connectivity index is 1.08. The summed E-state index contributed by atoms with van der Waals surface area (Å²) < 4.78 is 2.40. The van der Waals surface area contributed by atoms with Gasteiger partial charge in [0, 0.05) is 38.6 Å². The van der Waals surface area contributed by atoms with E-state index >= 15 is 0 Å². The van der Waals surface area contributed by atoms with Crippen LogP contribution in [-0.2, 0) is 5.41 Å². The molecule has 0 saturated heterocycles. The zero-order valence-electron chi connectivity index (χ0n) is 32.3. The van der Waals surface area contributed by atoms with Crippen molar-refractivity contribution in [3.63, 3.8) is 0 Å². The molecule has 8 aromatic carbocycles. The van der Waals surface area contributed by atoms with Crippen molar-refractivity contribution in [1.29, 1.82) is 0 Å². The standard InChI is InChI=1S/C54H38N4/c1-54(2)47-25-11-9-23-43(47)45-33-46-44-24-10-12-26-49(44)58(50(46)34-48(45)54)42-22-14-21-41(32-42)53-56-51(38-29-27-37(28-30-38)35-15-5-3-6-16-35)55-52(57-53)40-20-13-19-39(31-40)36-17-7-4-8-18-36/h3-34H,1-2H3. The van der Waals surface area contributed by atoms with E-state index in [1.54, 1.807) is 0 Å². The van der Waals surface area contributed by atoms with Crippen LogP contribution < -0.4 is 0 Å². The van der Waals surface area contributed by atoms with Gasteiger partial charge >= 0.3 is 0 Å². The molecule has 0 amide bonds. The van der Waals surface area contributed by atoms with Gasteiger partial charge < -0.3 is 4.57 Å². The molecule has 0 spiro atoms. The molecule has 1 aliphatic carbocycles. The lowest BCUT2D eigenvalue weighted by Gasteiger charge is -2.21. The molecule has 2 aromatic heterocycles. The van der Waals surface area contributed by atoms with Crippen molar-refractivity contribution < 1.29 is 0 Å². The molecule has 58 heavy (non-hydrogen) atoms. The van der Waals surface area contributed by atoms with E-state index in [0.29, 0.717) is 17.5 Å². The Labute approximate surface area is 337 Å². The maximum Gasteiger partial charge on any atom is 0.164 e. The van der Waals surface area contributed by atoms with Gasteiger partial charge in [0.15, 0.2) is 17.5 Å². The highest BCUT2D eigenvalue weighted by Crippen LogP contribution is 2.51. The third-order valence-electron chi connectivity index (χ3n) is 11.9. The van der Waals surface area contributed by atoms with Gasteiger partial charge in [-0.2, -0.15) is 0 Å². The van der Waals surface area contributed by atoms with Crippen LogP contribution in [0.5, 0.6) is 0 Å². The van der Waals surface area contributed by atoms with Gasteiger partial charge in [0.1, 0.15) is 0 Å². The predicted molar refractivity (Wildman–Crippen MR) is 239 cm³/mol. The Morgan fingerprint density at radius 1 is 0.345 bits per heavy atom. The maximum absolute atomic E-state index is 5.20. The van der Waals surface area contributed by atoms with E-state index in [0.717, 1.165) is 44.6 Å². The molecule has 0 atom stereocenters. The quantitative estimate of drug-likeness (QED) is 0.170. The predicted octanol–water partition coefficient (Wildman–Crippen LogP) is 13.6. The van der Waals surface area contributed by atoms with Gasteiger partial charge in [0.05, 0.1) is 11.0 Å². The van der Waals surface area contributed by atoms with E-state index in [9.17, 15) is 0 Å². The minimum atomic E-state index is -0.113. The van der Waals surface area contributed by atoms with Crippen LogP contribution >= 0.6 is 0 Å². The highest BCUT2D eigenvalue weighted by atomic mass is 15.0. The number of benzene rings is 8. The first-order chi connectivity index (χ1) is 28.5. The van der Waals surface area contributed by atoms with Crippen LogP contribution in [0.3, 0.4) is 0 Å². The summed E-state index contributed by atoms with van der Waals surface area (Å²) >= 11 is 0. The molecule has 10 aromatic rings. The monoisotopic (exact) mass is 742 g/mol. The minimum Gasteiger partial charge on any atom is -0.309 e.